The normalized spacial score (nSPS) is 14.0. The fourth-order valence-electron chi connectivity index (χ4n) is 3.28. The number of carbonyl (C=O) groups is 1. The third kappa shape index (κ3) is 3.82. The number of hydrogen-bond acceptors (Lipinski definition) is 6. The quantitative estimate of drug-likeness (QED) is 0.560. The van der Waals surface area contributed by atoms with Gasteiger partial charge in [-0.25, -0.2) is 0 Å². The highest BCUT2D eigenvalue weighted by molar-refractivity contribution is 6.30. The number of rotatable bonds is 5. The predicted octanol–water partition coefficient (Wildman–Crippen LogP) is 3.23. The van der Waals surface area contributed by atoms with Crippen molar-refractivity contribution in [2.24, 2.45) is 0 Å². The number of halogens is 1. The van der Waals surface area contributed by atoms with E-state index in [1.165, 1.54) is 20.3 Å². The van der Waals surface area contributed by atoms with Crippen LogP contribution in [0, 0.1) is 10.1 Å². The van der Waals surface area contributed by atoms with Gasteiger partial charge in [0.25, 0.3) is 11.6 Å². The van der Waals surface area contributed by atoms with Crippen LogP contribution in [0.5, 0.6) is 11.5 Å². The van der Waals surface area contributed by atoms with Crippen molar-refractivity contribution in [2.75, 3.05) is 45.3 Å². The summed E-state index contributed by atoms with van der Waals surface area (Å²) in [6, 6.07) is 9.79. The lowest BCUT2D eigenvalue weighted by molar-refractivity contribution is -0.384. The van der Waals surface area contributed by atoms with Crippen molar-refractivity contribution >= 4 is 28.9 Å². The SMILES string of the molecule is COc1cccc(OC)c1C(=O)N1CCN(c2ccc(Cl)cc2[N+](=O)[O-])CC1. The Morgan fingerprint density at radius 2 is 1.68 bits per heavy atom. The van der Waals surface area contributed by atoms with Crippen LogP contribution in [0.15, 0.2) is 36.4 Å². The predicted molar refractivity (Wildman–Crippen MR) is 106 cm³/mol. The third-order valence-corrected chi connectivity index (χ3v) is 4.92. The van der Waals surface area contributed by atoms with Gasteiger partial charge in [-0.3, -0.25) is 14.9 Å². The smallest absolute Gasteiger partial charge is 0.294 e. The first-order valence-corrected chi connectivity index (χ1v) is 9.03. The largest absolute Gasteiger partial charge is 0.496 e. The molecule has 3 rings (SSSR count). The molecule has 8 nitrogen and oxygen atoms in total. The maximum absolute atomic E-state index is 13.0. The molecule has 0 aliphatic carbocycles. The molecule has 0 bridgehead atoms. The summed E-state index contributed by atoms with van der Waals surface area (Å²) in [7, 11) is 3.01. The monoisotopic (exact) mass is 405 g/mol. The van der Waals surface area contributed by atoms with E-state index in [9.17, 15) is 14.9 Å². The zero-order valence-electron chi connectivity index (χ0n) is 15.6. The number of ether oxygens (including phenoxy) is 2. The van der Waals surface area contributed by atoms with Gasteiger partial charge >= 0.3 is 0 Å². The summed E-state index contributed by atoms with van der Waals surface area (Å²) in [6.45, 7) is 1.76. The van der Waals surface area contributed by atoms with E-state index < -0.39 is 4.92 Å². The molecule has 0 N–H and O–H groups in total. The van der Waals surface area contributed by atoms with E-state index in [1.807, 2.05) is 4.90 Å². The molecule has 1 saturated heterocycles. The Bertz CT molecular complexity index is 875. The minimum absolute atomic E-state index is 0.0429. The van der Waals surface area contributed by atoms with Crippen LogP contribution in [0.3, 0.4) is 0 Å². The van der Waals surface area contributed by atoms with Gasteiger partial charge in [0.15, 0.2) is 0 Å². The zero-order valence-corrected chi connectivity index (χ0v) is 16.3. The molecule has 0 unspecified atom stereocenters. The fourth-order valence-corrected chi connectivity index (χ4v) is 3.45. The van der Waals surface area contributed by atoms with E-state index in [-0.39, 0.29) is 11.6 Å². The Morgan fingerprint density at radius 1 is 1.07 bits per heavy atom. The van der Waals surface area contributed by atoms with Crippen molar-refractivity contribution in [1.29, 1.82) is 0 Å². The number of amides is 1. The van der Waals surface area contributed by atoms with Gasteiger partial charge in [-0.05, 0) is 24.3 Å². The summed E-state index contributed by atoms with van der Waals surface area (Å²) in [5.41, 5.74) is 0.827. The summed E-state index contributed by atoms with van der Waals surface area (Å²) in [4.78, 5) is 27.5. The van der Waals surface area contributed by atoms with Gasteiger partial charge in [-0.1, -0.05) is 17.7 Å². The van der Waals surface area contributed by atoms with E-state index in [4.69, 9.17) is 21.1 Å². The van der Waals surface area contributed by atoms with Gasteiger partial charge in [0.2, 0.25) is 0 Å². The average Bonchev–Trinajstić information content (AvgIpc) is 2.72. The van der Waals surface area contributed by atoms with Crippen LogP contribution >= 0.6 is 11.6 Å². The van der Waals surface area contributed by atoms with E-state index in [0.29, 0.717) is 54.0 Å². The number of anilines is 1. The number of carbonyl (C=O) groups excluding carboxylic acids is 1. The molecule has 0 spiro atoms. The van der Waals surface area contributed by atoms with Crippen LogP contribution < -0.4 is 14.4 Å². The molecule has 148 valence electrons. The summed E-state index contributed by atoms with van der Waals surface area (Å²) in [5.74, 6) is 0.694. The molecule has 2 aromatic rings. The Hall–Kier alpha value is -3.00. The summed E-state index contributed by atoms with van der Waals surface area (Å²) in [5, 5.41) is 11.7. The standard InChI is InChI=1S/C19H20ClN3O5/c1-27-16-4-3-5-17(28-2)18(16)19(24)22-10-8-21(9-11-22)14-7-6-13(20)12-15(14)23(25)26/h3-7,12H,8-11H2,1-2H3. The van der Waals surface area contributed by atoms with Crippen molar-refractivity contribution in [3.05, 3.63) is 57.1 Å². The van der Waals surface area contributed by atoms with Gasteiger partial charge in [-0.15, -0.1) is 0 Å². The molecule has 28 heavy (non-hydrogen) atoms. The number of methoxy groups -OCH3 is 2. The van der Waals surface area contributed by atoms with E-state index in [2.05, 4.69) is 0 Å². The fraction of sp³-hybridized carbons (Fsp3) is 0.316. The van der Waals surface area contributed by atoms with Crippen LogP contribution in [0.1, 0.15) is 10.4 Å². The first kappa shape index (κ1) is 19.8. The number of benzene rings is 2. The number of nitro benzene ring substituents is 1. The van der Waals surface area contributed by atoms with Gasteiger partial charge in [0.05, 0.1) is 19.1 Å². The lowest BCUT2D eigenvalue weighted by Crippen LogP contribution is -2.49. The maximum Gasteiger partial charge on any atom is 0.294 e. The van der Waals surface area contributed by atoms with Crippen LogP contribution in [-0.4, -0.2) is 56.1 Å². The second-order valence-corrected chi connectivity index (χ2v) is 6.64. The minimum atomic E-state index is -0.446. The highest BCUT2D eigenvalue weighted by atomic mass is 35.5. The molecule has 1 aliphatic rings. The molecule has 1 heterocycles. The number of nitro groups is 1. The molecule has 1 fully saturated rings. The van der Waals surface area contributed by atoms with Crippen LogP contribution in [0.4, 0.5) is 11.4 Å². The lowest BCUT2D eigenvalue weighted by atomic mass is 10.1. The lowest BCUT2D eigenvalue weighted by Gasteiger charge is -2.36. The maximum atomic E-state index is 13.0. The van der Waals surface area contributed by atoms with Crippen molar-refractivity contribution in [2.45, 2.75) is 0 Å². The molecule has 0 saturated carbocycles. The second-order valence-electron chi connectivity index (χ2n) is 6.21. The molecular weight excluding hydrogens is 386 g/mol. The Morgan fingerprint density at radius 3 is 2.21 bits per heavy atom. The zero-order chi connectivity index (χ0) is 20.3. The number of piperazine rings is 1. The van der Waals surface area contributed by atoms with Crippen molar-refractivity contribution in [3.8, 4) is 11.5 Å². The average molecular weight is 406 g/mol. The molecular formula is C19H20ClN3O5. The van der Waals surface area contributed by atoms with Crippen molar-refractivity contribution in [1.82, 2.24) is 4.90 Å². The Balaban J connectivity index is 1.78. The van der Waals surface area contributed by atoms with E-state index in [1.54, 1.807) is 35.2 Å². The highest BCUT2D eigenvalue weighted by Gasteiger charge is 2.29. The molecule has 0 atom stereocenters. The highest BCUT2D eigenvalue weighted by Crippen LogP contribution is 2.33. The van der Waals surface area contributed by atoms with Crippen molar-refractivity contribution < 1.29 is 19.2 Å². The summed E-state index contributed by atoms with van der Waals surface area (Å²) >= 11 is 5.89. The molecule has 0 radical (unpaired) electrons. The Kier molecular flexibility index (Phi) is 5.89. The van der Waals surface area contributed by atoms with Crippen LogP contribution in [0.2, 0.25) is 5.02 Å². The topological polar surface area (TPSA) is 85.2 Å². The van der Waals surface area contributed by atoms with Gasteiger partial charge in [0.1, 0.15) is 22.7 Å². The molecule has 2 aromatic carbocycles. The molecule has 1 amide bonds. The first-order valence-electron chi connectivity index (χ1n) is 8.65. The van der Waals surface area contributed by atoms with Gasteiger partial charge < -0.3 is 19.3 Å². The molecule has 9 heteroatoms. The Labute approximate surface area is 167 Å². The molecule has 1 aliphatic heterocycles. The second kappa shape index (κ2) is 8.35. The van der Waals surface area contributed by atoms with E-state index in [0.717, 1.165) is 0 Å². The molecule has 0 aromatic heterocycles. The van der Waals surface area contributed by atoms with Crippen LogP contribution in [0.25, 0.3) is 0 Å². The van der Waals surface area contributed by atoms with Gasteiger partial charge in [-0.2, -0.15) is 0 Å². The number of hydrogen-bond donors (Lipinski definition) is 0. The summed E-state index contributed by atoms with van der Waals surface area (Å²) in [6.07, 6.45) is 0. The van der Waals surface area contributed by atoms with E-state index >= 15 is 0 Å². The van der Waals surface area contributed by atoms with Crippen LogP contribution in [-0.2, 0) is 0 Å². The minimum Gasteiger partial charge on any atom is -0.496 e. The first-order chi connectivity index (χ1) is 13.5. The van der Waals surface area contributed by atoms with Crippen molar-refractivity contribution in [3.63, 3.8) is 0 Å². The third-order valence-electron chi connectivity index (χ3n) is 4.68. The summed E-state index contributed by atoms with van der Waals surface area (Å²) < 4.78 is 10.6. The van der Waals surface area contributed by atoms with Gasteiger partial charge in [0, 0.05) is 37.3 Å². The number of nitrogens with zero attached hydrogens (tertiary/aromatic N) is 3.